The molecule has 4 nitrogen and oxygen atoms in total. The zero-order valence-corrected chi connectivity index (χ0v) is 11.7. The molecular weight excluding hydrogens is 264 g/mol. The number of phenolic OH excluding ortho intramolecular Hbond substituents is 1. The Balaban J connectivity index is 2.27. The maximum absolute atomic E-state index is 12.6. The molecule has 0 spiro atoms. The number of rotatable bonds is 2. The molecule has 0 aliphatic carbocycles. The number of piperidine rings is 1. The van der Waals surface area contributed by atoms with E-state index >= 15 is 0 Å². The fourth-order valence-electron chi connectivity index (χ4n) is 2.67. The van der Waals surface area contributed by atoms with Crippen LogP contribution in [-0.4, -0.2) is 34.5 Å². The summed E-state index contributed by atoms with van der Waals surface area (Å²) in [5, 5.41) is 9.60. The highest BCUT2D eigenvalue weighted by atomic mass is 35.5. The molecule has 1 saturated heterocycles. The van der Waals surface area contributed by atoms with Crippen LogP contribution in [0, 0.1) is 0 Å². The molecule has 2 unspecified atom stereocenters. The fraction of sp³-hybridized carbons (Fsp3) is 0.500. The summed E-state index contributed by atoms with van der Waals surface area (Å²) < 4.78 is 0. The third-order valence-electron chi connectivity index (χ3n) is 3.73. The molecule has 104 valence electrons. The molecule has 1 aromatic carbocycles. The predicted molar refractivity (Wildman–Crippen MR) is 75.4 cm³/mol. The molecule has 0 saturated carbocycles. The average molecular weight is 283 g/mol. The number of nitrogens with two attached hydrogens (primary N) is 1. The van der Waals surface area contributed by atoms with E-state index in [-0.39, 0.29) is 28.8 Å². The molecule has 0 aromatic heterocycles. The first kappa shape index (κ1) is 14.2. The van der Waals surface area contributed by atoms with E-state index in [1.54, 1.807) is 6.07 Å². The van der Waals surface area contributed by atoms with Crippen molar-refractivity contribution in [2.45, 2.75) is 38.3 Å². The Bertz CT molecular complexity index is 479. The molecule has 2 rings (SSSR count). The van der Waals surface area contributed by atoms with Crippen molar-refractivity contribution in [2.75, 3.05) is 6.54 Å². The van der Waals surface area contributed by atoms with Crippen molar-refractivity contribution in [3.63, 3.8) is 0 Å². The summed E-state index contributed by atoms with van der Waals surface area (Å²) in [6.07, 6.45) is 3.04. The molecule has 1 aliphatic heterocycles. The lowest BCUT2D eigenvalue weighted by Gasteiger charge is -2.40. The summed E-state index contributed by atoms with van der Waals surface area (Å²) in [4.78, 5) is 14.4. The number of aromatic hydroxyl groups is 1. The topological polar surface area (TPSA) is 66.6 Å². The van der Waals surface area contributed by atoms with Gasteiger partial charge in [-0.25, -0.2) is 0 Å². The first-order valence-corrected chi connectivity index (χ1v) is 6.93. The van der Waals surface area contributed by atoms with E-state index < -0.39 is 0 Å². The van der Waals surface area contributed by atoms with Crippen molar-refractivity contribution >= 4 is 17.5 Å². The normalized spacial score (nSPS) is 23.4. The Kier molecular flexibility index (Phi) is 4.32. The summed E-state index contributed by atoms with van der Waals surface area (Å²) in [6, 6.07) is 4.82. The highest BCUT2D eigenvalue weighted by molar-refractivity contribution is 6.32. The van der Waals surface area contributed by atoms with Gasteiger partial charge in [0.05, 0.1) is 5.02 Å². The van der Waals surface area contributed by atoms with E-state index in [0.717, 1.165) is 19.3 Å². The lowest BCUT2D eigenvalue weighted by Crippen LogP contribution is -2.51. The van der Waals surface area contributed by atoms with Crippen LogP contribution in [0.15, 0.2) is 18.2 Å². The fourth-order valence-corrected chi connectivity index (χ4v) is 2.85. The van der Waals surface area contributed by atoms with Gasteiger partial charge >= 0.3 is 0 Å². The van der Waals surface area contributed by atoms with Gasteiger partial charge in [0.15, 0.2) is 0 Å². The Morgan fingerprint density at radius 1 is 1.53 bits per heavy atom. The van der Waals surface area contributed by atoms with Gasteiger partial charge in [-0.3, -0.25) is 4.79 Å². The smallest absolute Gasteiger partial charge is 0.254 e. The number of amides is 1. The minimum atomic E-state index is -0.0652. The van der Waals surface area contributed by atoms with E-state index in [0.29, 0.717) is 12.1 Å². The maximum atomic E-state index is 12.6. The van der Waals surface area contributed by atoms with Crippen molar-refractivity contribution in [1.82, 2.24) is 4.90 Å². The number of nitrogens with zero attached hydrogens (tertiary/aromatic N) is 1. The third kappa shape index (κ3) is 2.85. The van der Waals surface area contributed by atoms with Crippen molar-refractivity contribution in [1.29, 1.82) is 0 Å². The SMILES string of the molecule is CC1CCCC(CN)N1C(=O)c1ccc(O)c(Cl)c1. The molecule has 5 heteroatoms. The van der Waals surface area contributed by atoms with Crippen LogP contribution in [0.25, 0.3) is 0 Å². The Labute approximate surface area is 118 Å². The Hall–Kier alpha value is -1.26. The third-order valence-corrected chi connectivity index (χ3v) is 4.03. The van der Waals surface area contributed by atoms with Crippen LogP contribution in [0.5, 0.6) is 5.75 Å². The number of likely N-dealkylation sites (tertiary alicyclic amines) is 1. The zero-order chi connectivity index (χ0) is 14.0. The summed E-state index contributed by atoms with van der Waals surface area (Å²) in [6.45, 7) is 2.52. The van der Waals surface area contributed by atoms with Crippen LogP contribution < -0.4 is 5.73 Å². The van der Waals surface area contributed by atoms with E-state index in [1.807, 2.05) is 11.8 Å². The predicted octanol–water partition coefficient (Wildman–Crippen LogP) is 2.39. The number of hydrogen-bond donors (Lipinski definition) is 2. The Morgan fingerprint density at radius 2 is 2.26 bits per heavy atom. The van der Waals surface area contributed by atoms with Gasteiger partial charge in [0.1, 0.15) is 5.75 Å². The second-order valence-electron chi connectivity index (χ2n) is 5.05. The lowest BCUT2D eigenvalue weighted by atomic mass is 9.95. The van der Waals surface area contributed by atoms with Gasteiger partial charge < -0.3 is 15.7 Å². The largest absolute Gasteiger partial charge is 0.506 e. The van der Waals surface area contributed by atoms with Crippen LogP contribution >= 0.6 is 11.6 Å². The first-order valence-electron chi connectivity index (χ1n) is 6.56. The zero-order valence-electron chi connectivity index (χ0n) is 11.0. The van der Waals surface area contributed by atoms with Gasteiger partial charge in [0.25, 0.3) is 5.91 Å². The van der Waals surface area contributed by atoms with E-state index in [9.17, 15) is 9.90 Å². The minimum Gasteiger partial charge on any atom is -0.506 e. The van der Waals surface area contributed by atoms with Crippen LogP contribution in [0.1, 0.15) is 36.5 Å². The van der Waals surface area contributed by atoms with Crippen molar-refractivity contribution in [3.8, 4) is 5.75 Å². The molecule has 0 bridgehead atoms. The van der Waals surface area contributed by atoms with Crippen LogP contribution in [0.2, 0.25) is 5.02 Å². The van der Waals surface area contributed by atoms with Gasteiger partial charge in [0.2, 0.25) is 0 Å². The van der Waals surface area contributed by atoms with Gasteiger partial charge in [-0.1, -0.05) is 11.6 Å². The number of carbonyl (C=O) groups excluding carboxylic acids is 1. The summed E-state index contributed by atoms with van der Waals surface area (Å²) in [7, 11) is 0. The van der Waals surface area contributed by atoms with Crippen molar-refractivity contribution in [3.05, 3.63) is 28.8 Å². The van der Waals surface area contributed by atoms with Crippen molar-refractivity contribution in [2.24, 2.45) is 5.73 Å². The number of benzene rings is 1. The molecule has 19 heavy (non-hydrogen) atoms. The van der Waals surface area contributed by atoms with E-state index in [4.69, 9.17) is 17.3 Å². The number of carbonyl (C=O) groups is 1. The lowest BCUT2D eigenvalue weighted by molar-refractivity contribution is 0.0494. The van der Waals surface area contributed by atoms with Gasteiger partial charge in [-0.15, -0.1) is 0 Å². The minimum absolute atomic E-state index is 0.0136. The van der Waals surface area contributed by atoms with Gasteiger partial charge in [-0.2, -0.15) is 0 Å². The quantitative estimate of drug-likeness (QED) is 0.875. The molecular formula is C14H19ClN2O2. The molecule has 1 amide bonds. The Morgan fingerprint density at radius 3 is 2.89 bits per heavy atom. The standard InChI is InChI=1S/C14H19ClN2O2/c1-9-3-2-4-11(8-16)17(9)14(19)10-5-6-13(18)12(15)7-10/h5-7,9,11,18H,2-4,8,16H2,1H3. The van der Waals surface area contributed by atoms with E-state index in [2.05, 4.69) is 0 Å². The monoisotopic (exact) mass is 282 g/mol. The van der Waals surface area contributed by atoms with Gasteiger partial charge in [0, 0.05) is 24.2 Å². The van der Waals surface area contributed by atoms with Crippen LogP contribution in [-0.2, 0) is 0 Å². The second kappa shape index (κ2) is 5.80. The number of halogens is 1. The van der Waals surface area contributed by atoms with Crippen LogP contribution in [0.3, 0.4) is 0 Å². The molecule has 1 aromatic rings. The highest BCUT2D eigenvalue weighted by Crippen LogP contribution is 2.28. The molecule has 1 aliphatic rings. The number of phenols is 1. The van der Waals surface area contributed by atoms with Crippen molar-refractivity contribution < 1.29 is 9.90 Å². The second-order valence-corrected chi connectivity index (χ2v) is 5.46. The summed E-state index contributed by atoms with van der Waals surface area (Å²) >= 11 is 5.86. The van der Waals surface area contributed by atoms with Gasteiger partial charge in [-0.05, 0) is 44.4 Å². The molecule has 2 atom stereocenters. The van der Waals surface area contributed by atoms with E-state index in [1.165, 1.54) is 12.1 Å². The first-order chi connectivity index (χ1) is 9.04. The maximum Gasteiger partial charge on any atom is 0.254 e. The number of hydrogen-bond acceptors (Lipinski definition) is 3. The molecule has 0 radical (unpaired) electrons. The average Bonchev–Trinajstić information content (AvgIpc) is 2.40. The van der Waals surface area contributed by atoms with Crippen LogP contribution in [0.4, 0.5) is 0 Å². The highest BCUT2D eigenvalue weighted by Gasteiger charge is 2.31. The summed E-state index contributed by atoms with van der Waals surface area (Å²) in [5.41, 5.74) is 6.26. The summed E-state index contributed by atoms with van der Waals surface area (Å²) in [5.74, 6) is -0.0789. The molecule has 1 heterocycles. The molecule has 1 fully saturated rings. The molecule has 3 N–H and O–H groups in total.